The third-order valence-corrected chi connectivity index (χ3v) is 5.41. The Labute approximate surface area is 124 Å². The Hall–Kier alpha value is -1.32. The first-order valence-corrected chi connectivity index (χ1v) is 8.04. The summed E-state index contributed by atoms with van der Waals surface area (Å²) in [5, 5.41) is 16.0. The highest BCUT2D eigenvalue weighted by molar-refractivity contribution is 7.10. The monoisotopic (exact) mass is 287 g/mol. The minimum atomic E-state index is 0.265. The summed E-state index contributed by atoms with van der Waals surface area (Å²) in [5.74, 6) is 0.953. The van der Waals surface area contributed by atoms with Gasteiger partial charge in [0.25, 0.3) is 0 Å². The molecule has 1 aromatic heterocycles. The molecule has 1 aliphatic carbocycles. The van der Waals surface area contributed by atoms with Crippen molar-refractivity contribution in [2.45, 2.75) is 45.7 Å². The Morgan fingerprint density at radius 1 is 1.20 bits per heavy atom. The van der Waals surface area contributed by atoms with E-state index in [1.54, 1.807) is 11.3 Å². The van der Waals surface area contributed by atoms with Crippen LogP contribution >= 0.6 is 11.3 Å². The van der Waals surface area contributed by atoms with Crippen molar-refractivity contribution in [3.63, 3.8) is 0 Å². The number of rotatable bonds is 3. The Kier molecular flexibility index (Phi) is 3.57. The summed E-state index contributed by atoms with van der Waals surface area (Å²) in [4.78, 5) is 1.39. The maximum atomic E-state index is 10.2. The molecule has 20 heavy (non-hydrogen) atoms. The summed E-state index contributed by atoms with van der Waals surface area (Å²) in [6.45, 7) is 7.43. The van der Waals surface area contributed by atoms with Crippen LogP contribution in [-0.4, -0.2) is 5.11 Å². The Balaban J connectivity index is 1.84. The SMILES string of the molecule is Cc1ccsc1CNC1CC(C)c2c(C)ccc(O)c21. The van der Waals surface area contributed by atoms with E-state index in [0.717, 1.165) is 18.5 Å². The van der Waals surface area contributed by atoms with Gasteiger partial charge in [0.2, 0.25) is 0 Å². The minimum Gasteiger partial charge on any atom is -0.508 e. The second-order valence-electron chi connectivity index (χ2n) is 5.83. The molecular formula is C17H21NOS. The van der Waals surface area contributed by atoms with Crippen LogP contribution in [0.5, 0.6) is 5.75 Å². The molecule has 2 nitrogen and oxygen atoms in total. The zero-order chi connectivity index (χ0) is 14.3. The Morgan fingerprint density at radius 2 is 2.00 bits per heavy atom. The largest absolute Gasteiger partial charge is 0.508 e. The van der Waals surface area contributed by atoms with Gasteiger partial charge in [-0.15, -0.1) is 11.3 Å². The van der Waals surface area contributed by atoms with E-state index in [4.69, 9.17) is 0 Å². The molecule has 0 aliphatic heterocycles. The zero-order valence-corrected chi connectivity index (χ0v) is 13.1. The number of hydrogen-bond acceptors (Lipinski definition) is 3. The van der Waals surface area contributed by atoms with E-state index in [9.17, 15) is 5.11 Å². The van der Waals surface area contributed by atoms with Gasteiger partial charge in [0.05, 0.1) is 0 Å². The lowest BCUT2D eigenvalue weighted by Gasteiger charge is -2.15. The maximum absolute atomic E-state index is 10.2. The van der Waals surface area contributed by atoms with Crippen molar-refractivity contribution in [3.8, 4) is 5.75 Å². The number of benzene rings is 1. The number of nitrogens with one attached hydrogen (secondary N) is 1. The molecule has 0 bridgehead atoms. The van der Waals surface area contributed by atoms with Crippen LogP contribution in [0.15, 0.2) is 23.6 Å². The van der Waals surface area contributed by atoms with E-state index in [2.05, 4.69) is 37.5 Å². The fraction of sp³-hybridized carbons (Fsp3) is 0.412. The topological polar surface area (TPSA) is 32.3 Å². The number of aryl methyl sites for hydroxylation is 2. The first-order valence-electron chi connectivity index (χ1n) is 7.16. The van der Waals surface area contributed by atoms with Crippen molar-refractivity contribution in [1.29, 1.82) is 0 Å². The van der Waals surface area contributed by atoms with Crippen LogP contribution < -0.4 is 5.32 Å². The molecule has 2 atom stereocenters. The van der Waals surface area contributed by atoms with E-state index < -0.39 is 0 Å². The maximum Gasteiger partial charge on any atom is 0.120 e. The predicted molar refractivity (Wildman–Crippen MR) is 84.5 cm³/mol. The van der Waals surface area contributed by atoms with Gasteiger partial charge >= 0.3 is 0 Å². The van der Waals surface area contributed by atoms with Crippen molar-refractivity contribution < 1.29 is 5.11 Å². The molecule has 0 saturated carbocycles. The lowest BCUT2D eigenvalue weighted by molar-refractivity contribution is 0.445. The van der Waals surface area contributed by atoms with Gasteiger partial charge in [0.1, 0.15) is 5.75 Å². The van der Waals surface area contributed by atoms with Crippen LogP contribution in [0.4, 0.5) is 0 Å². The summed E-state index contributed by atoms with van der Waals surface area (Å²) < 4.78 is 0. The summed E-state index contributed by atoms with van der Waals surface area (Å²) in [7, 11) is 0. The van der Waals surface area contributed by atoms with Crippen LogP contribution in [0, 0.1) is 13.8 Å². The van der Waals surface area contributed by atoms with Crippen molar-refractivity contribution in [2.24, 2.45) is 0 Å². The molecule has 0 spiro atoms. The van der Waals surface area contributed by atoms with E-state index in [1.165, 1.54) is 21.6 Å². The molecule has 3 rings (SSSR count). The molecule has 3 heteroatoms. The van der Waals surface area contributed by atoms with E-state index in [0.29, 0.717) is 11.7 Å². The second-order valence-corrected chi connectivity index (χ2v) is 6.83. The molecule has 0 fully saturated rings. The van der Waals surface area contributed by atoms with Gasteiger partial charge in [0, 0.05) is 23.0 Å². The Morgan fingerprint density at radius 3 is 2.70 bits per heavy atom. The highest BCUT2D eigenvalue weighted by Crippen LogP contribution is 2.46. The van der Waals surface area contributed by atoms with Gasteiger partial charge in [-0.25, -0.2) is 0 Å². The first-order chi connectivity index (χ1) is 9.58. The minimum absolute atomic E-state index is 0.265. The van der Waals surface area contributed by atoms with Crippen LogP contribution in [-0.2, 0) is 6.54 Å². The number of hydrogen-bond donors (Lipinski definition) is 2. The molecule has 2 aromatic rings. The van der Waals surface area contributed by atoms with E-state index in [1.807, 2.05) is 12.1 Å². The molecule has 2 N–H and O–H groups in total. The zero-order valence-electron chi connectivity index (χ0n) is 12.2. The fourth-order valence-corrected chi connectivity index (χ4v) is 4.19. The third-order valence-electron chi connectivity index (χ3n) is 4.39. The molecule has 0 saturated heterocycles. The van der Waals surface area contributed by atoms with Crippen LogP contribution in [0.3, 0.4) is 0 Å². The van der Waals surface area contributed by atoms with E-state index in [-0.39, 0.29) is 6.04 Å². The van der Waals surface area contributed by atoms with E-state index >= 15 is 0 Å². The summed E-state index contributed by atoms with van der Waals surface area (Å²) in [6, 6.07) is 6.28. The second kappa shape index (κ2) is 5.23. The summed E-state index contributed by atoms with van der Waals surface area (Å²) in [5.41, 5.74) is 5.10. The standard InChI is InChI=1S/C17H21NOS/c1-10-6-7-20-15(10)9-18-13-8-12(3)16-11(2)4-5-14(19)17(13)16/h4-7,12-13,18-19H,8-9H2,1-3H3. The quantitative estimate of drug-likeness (QED) is 0.876. The fourth-order valence-electron chi connectivity index (χ4n) is 3.33. The highest BCUT2D eigenvalue weighted by Gasteiger charge is 2.31. The molecule has 106 valence electrons. The number of thiophene rings is 1. The van der Waals surface area contributed by atoms with Gasteiger partial charge in [-0.1, -0.05) is 13.0 Å². The molecule has 0 amide bonds. The Bertz CT molecular complexity index is 632. The summed E-state index contributed by atoms with van der Waals surface area (Å²) >= 11 is 1.80. The summed E-state index contributed by atoms with van der Waals surface area (Å²) in [6.07, 6.45) is 1.07. The number of aromatic hydroxyl groups is 1. The first kappa shape index (κ1) is 13.7. The smallest absolute Gasteiger partial charge is 0.120 e. The van der Waals surface area contributed by atoms with Crippen LogP contribution in [0.1, 0.15) is 52.4 Å². The van der Waals surface area contributed by atoms with Crippen LogP contribution in [0.25, 0.3) is 0 Å². The molecule has 1 aliphatic rings. The van der Waals surface area contributed by atoms with Crippen molar-refractivity contribution in [1.82, 2.24) is 5.32 Å². The molecular weight excluding hydrogens is 266 g/mol. The van der Waals surface area contributed by atoms with Crippen molar-refractivity contribution >= 4 is 11.3 Å². The molecule has 2 unspecified atom stereocenters. The molecule has 0 radical (unpaired) electrons. The van der Waals surface area contributed by atoms with Gasteiger partial charge in [-0.3, -0.25) is 0 Å². The number of phenolic OH excluding ortho intramolecular Hbond substituents is 1. The normalized spacial score (nSPS) is 21.1. The number of fused-ring (bicyclic) bond motifs is 1. The lowest BCUT2D eigenvalue weighted by Crippen LogP contribution is -2.18. The average molecular weight is 287 g/mol. The molecule has 1 heterocycles. The molecule has 1 aromatic carbocycles. The van der Waals surface area contributed by atoms with Crippen molar-refractivity contribution in [2.75, 3.05) is 0 Å². The highest BCUT2D eigenvalue weighted by atomic mass is 32.1. The average Bonchev–Trinajstić information content (AvgIpc) is 2.96. The lowest BCUT2D eigenvalue weighted by atomic mass is 9.97. The van der Waals surface area contributed by atoms with Crippen molar-refractivity contribution in [3.05, 3.63) is 50.7 Å². The van der Waals surface area contributed by atoms with Gasteiger partial charge in [-0.2, -0.15) is 0 Å². The van der Waals surface area contributed by atoms with Gasteiger partial charge < -0.3 is 10.4 Å². The van der Waals surface area contributed by atoms with Gasteiger partial charge in [0.15, 0.2) is 0 Å². The number of phenols is 1. The van der Waals surface area contributed by atoms with Crippen LogP contribution in [0.2, 0.25) is 0 Å². The predicted octanol–water partition coefficient (Wildman–Crippen LogP) is 4.41. The third kappa shape index (κ3) is 2.25. The van der Waals surface area contributed by atoms with Gasteiger partial charge in [-0.05, 0) is 60.4 Å².